The number of hydrogen-bond acceptors (Lipinski definition) is 2. The van der Waals surface area contributed by atoms with Crippen LogP contribution in [0, 0.1) is 0 Å². The van der Waals surface area contributed by atoms with E-state index >= 15 is 0 Å². The highest BCUT2D eigenvalue weighted by Gasteiger charge is 2.20. The van der Waals surface area contributed by atoms with Crippen molar-refractivity contribution in [3.8, 4) is 0 Å². The summed E-state index contributed by atoms with van der Waals surface area (Å²) in [5.41, 5.74) is 1.52. The molecule has 1 atom stereocenters. The summed E-state index contributed by atoms with van der Waals surface area (Å²) in [7, 11) is 1.80. The summed E-state index contributed by atoms with van der Waals surface area (Å²) in [4.78, 5) is 0. The van der Waals surface area contributed by atoms with Gasteiger partial charge in [-0.1, -0.05) is 31.9 Å². The number of aromatic nitrogens is 2. The summed E-state index contributed by atoms with van der Waals surface area (Å²) < 4.78 is 4.23. The number of hydrogen-bond donors (Lipinski definition) is 1. The van der Waals surface area contributed by atoms with E-state index in [0.29, 0.717) is 0 Å². The van der Waals surface area contributed by atoms with Crippen LogP contribution in [0.5, 0.6) is 0 Å². The maximum atomic E-state index is 10.4. The predicted molar refractivity (Wildman–Crippen MR) is 76.8 cm³/mol. The Balaban J connectivity index is 2.50. The van der Waals surface area contributed by atoms with Crippen LogP contribution >= 0.6 is 47.8 Å². The number of halogens is 3. The van der Waals surface area contributed by atoms with E-state index in [4.69, 9.17) is 0 Å². The van der Waals surface area contributed by atoms with Gasteiger partial charge in [0.2, 0.25) is 0 Å². The van der Waals surface area contributed by atoms with Gasteiger partial charge >= 0.3 is 0 Å². The molecule has 17 heavy (non-hydrogen) atoms. The van der Waals surface area contributed by atoms with Crippen LogP contribution in [0.25, 0.3) is 0 Å². The standard InChI is InChI=1S/C11H9Br3N2O/c1-16-10(9(14)5-15-16)11(17)7-4-6(12)2-3-8(7)13/h2-5,11,17H,1H3. The fourth-order valence-corrected chi connectivity index (χ4v) is 3.01. The van der Waals surface area contributed by atoms with Crippen LogP contribution < -0.4 is 0 Å². The van der Waals surface area contributed by atoms with Crippen LogP contribution in [-0.4, -0.2) is 14.9 Å². The molecule has 0 fully saturated rings. The Labute approximate surface area is 124 Å². The highest BCUT2D eigenvalue weighted by molar-refractivity contribution is 9.11. The Hall–Kier alpha value is -0.170. The van der Waals surface area contributed by atoms with Crippen LogP contribution in [-0.2, 0) is 7.05 Å². The van der Waals surface area contributed by atoms with Crippen molar-refractivity contribution in [1.29, 1.82) is 0 Å². The SMILES string of the molecule is Cn1ncc(Br)c1C(O)c1cc(Br)ccc1Br. The fourth-order valence-electron chi connectivity index (χ4n) is 1.60. The minimum absolute atomic E-state index is 0.726. The highest BCUT2D eigenvalue weighted by atomic mass is 79.9. The van der Waals surface area contributed by atoms with Crippen molar-refractivity contribution in [3.63, 3.8) is 0 Å². The molecule has 0 spiro atoms. The molecule has 0 aliphatic heterocycles. The average Bonchev–Trinajstić information content (AvgIpc) is 2.61. The Bertz CT molecular complexity index is 534. The Kier molecular flexibility index (Phi) is 4.07. The third-order valence-electron chi connectivity index (χ3n) is 2.45. The molecule has 0 bridgehead atoms. The molecule has 6 heteroatoms. The molecule has 2 aromatic rings. The smallest absolute Gasteiger partial charge is 0.123 e. The topological polar surface area (TPSA) is 38.0 Å². The van der Waals surface area contributed by atoms with Crippen molar-refractivity contribution in [2.45, 2.75) is 6.10 Å². The quantitative estimate of drug-likeness (QED) is 0.796. The zero-order valence-electron chi connectivity index (χ0n) is 8.86. The van der Waals surface area contributed by atoms with Crippen molar-refractivity contribution in [3.05, 3.63) is 49.1 Å². The van der Waals surface area contributed by atoms with Gasteiger partial charge in [-0.2, -0.15) is 5.10 Å². The lowest BCUT2D eigenvalue weighted by Gasteiger charge is -2.14. The number of benzene rings is 1. The van der Waals surface area contributed by atoms with Gasteiger partial charge in [-0.15, -0.1) is 0 Å². The Morgan fingerprint density at radius 1 is 1.24 bits per heavy atom. The van der Waals surface area contributed by atoms with E-state index in [1.165, 1.54) is 0 Å². The van der Waals surface area contributed by atoms with Gasteiger partial charge in [-0.05, 0) is 34.1 Å². The van der Waals surface area contributed by atoms with Crippen LogP contribution in [0.1, 0.15) is 17.4 Å². The first-order valence-electron chi connectivity index (χ1n) is 4.81. The van der Waals surface area contributed by atoms with E-state index in [1.54, 1.807) is 17.9 Å². The highest BCUT2D eigenvalue weighted by Crippen LogP contribution is 2.33. The molecule has 3 nitrogen and oxygen atoms in total. The predicted octanol–water partition coefficient (Wildman–Crippen LogP) is 3.79. The van der Waals surface area contributed by atoms with Crippen LogP contribution in [0.3, 0.4) is 0 Å². The van der Waals surface area contributed by atoms with E-state index < -0.39 is 6.10 Å². The van der Waals surface area contributed by atoms with Crippen molar-refractivity contribution >= 4 is 47.8 Å². The molecule has 1 aromatic heterocycles. The van der Waals surface area contributed by atoms with Crippen LogP contribution in [0.15, 0.2) is 37.8 Å². The van der Waals surface area contributed by atoms with Gasteiger partial charge in [0.15, 0.2) is 0 Å². The second kappa shape index (κ2) is 5.22. The van der Waals surface area contributed by atoms with Crippen molar-refractivity contribution in [2.24, 2.45) is 7.05 Å². The third-order valence-corrected chi connectivity index (χ3v) is 4.28. The van der Waals surface area contributed by atoms with Gasteiger partial charge in [0, 0.05) is 21.6 Å². The zero-order valence-corrected chi connectivity index (χ0v) is 13.6. The van der Waals surface area contributed by atoms with Gasteiger partial charge < -0.3 is 5.11 Å². The summed E-state index contributed by atoms with van der Waals surface area (Å²) in [6, 6.07) is 5.69. The third kappa shape index (κ3) is 2.65. The second-order valence-corrected chi connectivity index (χ2v) is 6.19. The minimum Gasteiger partial charge on any atom is -0.382 e. The Morgan fingerprint density at radius 3 is 2.53 bits per heavy atom. The summed E-state index contributed by atoms with van der Waals surface area (Å²) in [5, 5.41) is 14.5. The average molecular weight is 425 g/mol. The van der Waals surface area contributed by atoms with Crippen molar-refractivity contribution < 1.29 is 5.11 Å². The lowest BCUT2D eigenvalue weighted by Crippen LogP contribution is -2.08. The minimum atomic E-state index is -0.733. The number of aliphatic hydroxyl groups is 1. The second-order valence-electron chi connectivity index (χ2n) is 3.57. The summed E-state index contributed by atoms with van der Waals surface area (Å²) >= 11 is 10.2. The molecular formula is C11H9Br3N2O. The number of rotatable bonds is 2. The van der Waals surface area contributed by atoms with Gasteiger partial charge in [0.25, 0.3) is 0 Å². The molecular weight excluding hydrogens is 416 g/mol. The monoisotopic (exact) mass is 422 g/mol. The number of nitrogens with zero attached hydrogens (tertiary/aromatic N) is 2. The summed E-state index contributed by atoms with van der Waals surface area (Å²) in [6.45, 7) is 0. The molecule has 0 amide bonds. The maximum absolute atomic E-state index is 10.4. The van der Waals surface area contributed by atoms with Crippen molar-refractivity contribution in [1.82, 2.24) is 9.78 Å². The van der Waals surface area contributed by atoms with E-state index in [-0.39, 0.29) is 0 Å². The van der Waals surface area contributed by atoms with E-state index in [0.717, 1.165) is 24.7 Å². The largest absolute Gasteiger partial charge is 0.382 e. The molecule has 0 saturated carbocycles. The molecule has 1 aromatic carbocycles. The first kappa shape index (κ1) is 13.3. The maximum Gasteiger partial charge on any atom is 0.123 e. The molecule has 1 N–H and O–H groups in total. The van der Waals surface area contributed by atoms with E-state index in [9.17, 15) is 5.11 Å². The summed E-state index contributed by atoms with van der Waals surface area (Å²) in [6.07, 6.45) is 0.938. The molecule has 0 radical (unpaired) electrons. The molecule has 90 valence electrons. The van der Waals surface area contributed by atoms with Gasteiger partial charge in [0.1, 0.15) is 6.10 Å². The molecule has 1 unspecified atom stereocenters. The zero-order chi connectivity index (χ0) is 12.6. The van der Waals surface area contributed by atoms with Gasteiger partial charge in [0.05, 0.1) is 16.4 Å². The van der Waals surface area contributed by atoms with Crippen LogP contribution in [0.2, 0.25) is 0 Å². The molecule has 0 aliphatic rings. The van der Waals surface area contributed by atoms with Gasteiger partial charge in [-0.3, -0.25) is 4.68 Å². The van der Waals surface area contributed by atoms with E-state index in [1.807, 2.05) is 18.2 Å². The normalized spacial score (nSPS) is 12.8. The number of aryl methyl sites for hydroxylation is 1. The number of aliphatic hydroxyl groups excluding tert-OH is 1. The first-order valence-corrected chi connectivity index (χ1v) is 7.19. The van der Waals surface area contributed by atoms with Crippen LogP contribution in [0.4, 0.5) is 0 Å². The summed E-state index contributed by atoms with van der Waals surface area (Å²) in [5.74, 6) is 0. The Morgan fingerprint density at radius 2 is 1.94 bits per heavy atom. The van der Waals surface area contributed by atoms with E-state index in [2.05, 4.69) is 52.9 Å². The fraction of sp³-hybridized carbons (Fsp3) is 0.182. The lowest BCUT2D eigenvalue weighted by molar-refractivity contribution is 0.208. The molecule has 2 rings (SSSR count). The molecule has 0 aliphatic carbocycles. The van der Waals surface area contributed by atoms with Crippen molar-refractivity contribution in [2.75, 3.05) is 0 Å². The molecule has 1 heterocycles. The first-order chi connectivity index (χ1) is 8.00. The molecule has 0 saturated heterocycles. The lowest BCUT2D eigenvalue weighted by atomic mass is 10.1. The van der Waals surface area contributed by atoms with Gasteiger partial charge in [-0.25, -0.2) is 0 Å².